The summed E-state index contributed by atoms with van der Waals surface area (Å²) in [6.07, 6.45) is 5.92. The standard InChI is InChI=1S/C26H28N4O/c1-19(2)26-23(17-27)16-25(29-26)22-9-10-28-24(15-22)8-7-20-3-5-21(6-4-20)18-30-11-13-31-14-12-30/h3-10,15-16,19,29H,11-14,18H2,1-2H3. The van der Waals surface area contributed by atoms with Gasteiger partial charge in [0.1, 0.15) is 6.07 Å². The number of nitrogens with one attached hydrogen (secondary N) is 1. The molecule has 3 heterocycles. The Morgan fingerprint density at radius 3 is 2.58 bits per heavy atom. The van der Waals surface area contributed by atoms with Gasteiger partial charge in [0.2, 0.25) is 0 Å². The maximum Gasteiger partial charge on any atom is 0.101 e. The van der Waals surface area contributed by atoms with Crippen LogP contribution in [0.3, 0.4) is 0 Å². The Hall–Kier alpha value is -3.20. The molecule has 0 unspecified atom stereocenters. The number of nitrogens with zero attached hydrogens (tertiary/aromatic N) is 3. The molecule has 0 saturated carbocycles. The van der Waals surface area contributed by atoms with Gasteiger partial charge in [-0.05, 0) is 41.3 Å². The minimum Gasteiger partial charge on any atom is -0.379 e. The molecule has 1 saturated heterocycles. The fourth-order valence-electron chi connectivity index (χ4n) is 3.81. The molecule has 158 valence electrons. The van der Waals surface area contributed by atoms with Crippen molar-refractivity contribution in [3.05, 3.63) is 76.7 Å². The number of pyridine rings is 1. The zero-order valence-corrected chi connectivity index (χ0v) is 18.1. The minimum absolute atomic E-state index is 0.274. The van der Waals surface area contributed by atoms with Crippen molar-refractivity contribution in [2.24, 2.45) is 0 Å². The Labute approximate surface area is 184 Å². The number of H-pyrrole nitrogens is 1. The summed E-state index contributed by atoms with van der Waals surface area (Å²) in [6.45, 7) is 8.79. The van der Waals surface area contributed by atoms with Crippen LogP contribution in [0.25, 0.3) is 23.4 Å². The van der Waals surface area contributed by atoms with E-state index < -0.39 is 0 Å². The molecular formula is C26H28N4O. The van der Waals surface area contributed by atoms with E-state index in [1.807, 2.05) is 30.5 Å². The maximum absolute atomic E-state index is 9.40. The monoisotopic (exact) mass is 412 g/mol. The van der Waals surface area contributed by atoms with Gasteiger partial charge in [-0.1, -0.05) is 44.2 Å². The highest BCUT2D eigenvalue weighted by Gasteiger charge is 2.12. The van der Waals surface area contributed by atoms with E-state index in [0.29, 0.717) is 5.56 Å². The third-order valence-corrected chi connectivity index (χ3v) is 5.57. The summed E-state index contributed by atoms with van der Waals surface area (Å²) in [7, 11) is 0. The molecule has 0 aliphatic carbocycles. The second-order valence-electron chi connectivity index (χ2n) is 8.21. The summed E-state index contributed by atoms with van der Waals surface area (Å²) in [6, 6.07) is 16.9. The van der Waals surface area contributed by atoms with E-state index in [-0.39, 0.29) is 5.92 Å². The molecule has 0 radical (unpaired) electrons. The van der Waals surface area contributed by atoms with Crippen molar-refractivity contribution in [3.63, 3.8) is 0 Å². The third-order valence-electron chi connectivity index (χ3n) is 5.57. The zero-order valence-electron chi connectivity index (χ0n) is 18.1. The van der Waals surface area contributed by atoms with E-state index in [1.54, 1.807) is 0 Å². The predicted octanol–water partition coefficient (Wildman–Crippen LogP) is 5.07. The van der Waals surface area contributed by atoms with Crippen molar-refractivity contribution in [3.8, 4) is 17.3 Å². The fourth-order valence-corrected chi connectivity index (χ4v) is 3.81. The molecule has 0 bridgehead atoms. The zero-order chi connectivity index (χ0) is 21.6. The molecule has 1 aliphatic rings. The summed E-state index contributed by atoms with van der Waals surface area (Å²) in [5.74, 6) is 0.274. The fraction of sp³-hybridized carbons (Fsp3) is 0.308. The molecule has 2 aromatic heterocycles. The molecule has 0 spiro atoms. The molecule has 5 nitrogen and oxygen atoms in total. The number of aromatic amines is 1. The number of nitriles is 1. The first-order chi connectivity index (χ1) is 15.1. The van der Waals surface area contributed by atoms with Crippen LogP contribution < -0.4 is 0 Å². The molecular weight excluding hydrogens is 384 g/mol. The smallest absolute Gasteiger partial charge is 0.101 e. The number of aromatic nitrogens is 2. The van der Waals surface area contributed by atoms with Crippen molar-refractivity contribution < 1.29 is 4.74 Å². The first-order valence-electron chi connectivity index (χ1n) is 10.8. The SMILES string of the molecule is CC(C)c1[nH]c(-c2ccnc(C=Cc3ccc(CN4CCOCC4)cc3)c2)cc1C#N. The summed E-state index contributed by atoms with van der Waals surface area (Å²) in [5.41, 5.74) is 7.00. The maximum atomic E-state index is 9.40. The normalized spacial score (nSPS) is 14.9. The Bertz CT molecular complexity index is 1080. The molecule has 1 N–H and O–H groups in total. The van der Waals surface area contributed by atoms with Gasteiger partial charge in [0, 0.05) is 42.8 Å². The van der Waals surface area contributed by atoms with E-state index in [0.717, 1.165) is 61.1 Å². The van der Waals surface area contributed by atoms with Gasteiger partial charge >= 0.3 is 0 Å². The van der Waals surface area contributed by atoms with Crippen molar-refractivity contribution in [2.45, 2.75) is 26.3 Å². The average molecular weight is 413 g/mol. The van der Waals surface area contributed by atoms with Gasteiger partial charge in [-0.15, -0.1) is 0 Å². The van der Waals surface area contributed by atoms with Crippen molar-refractivity contribution in [1.82, 2.24) is 14.9 Å². The van der Waals surface area contributed by atoms with Gasteiger partial charge in [0.15, 0.2) is 0 Å². The van der Waals surface area contributed by atoms with Crippen molar-refractivity contribution in [1.29, 1.82) is 5.26 Å². The largest absolute Gasteiger partial charge is 0.379 e. The molecule has 5 heteroatoms. The molecule has 31 heavy (non-hydrogen) atoms. The molecule has 4 rings (SSSR count). The van der Waals surface area contributed by atoms with Crippen LogP contribution in [-0.4, -0.2) is 41.2 Å². The Morgan fingerprint density at radius 1 is 1.13 bits per heavy atom. The van der Waals surface area contributed by atoms with Gasteiger partial charge in [0.25, 0.3) is 0 Å². The predicted molar refractivity (Wildman–Crippen MR) is 124 cm³/mol. The van der Waals surface area contributed by atoms with Crippen LogP contribution in [0.15, 0.2) is 48.7 Å². The molecule has 1 fully saturated rings. The van der Waals surface area contributed by atoms with Gasteiger partial charge in [-0.2, -0.15) is 5.26 Å². The first kappa shape index (κ1) is 21.0. The minimum atomic E-state index is 0.274. The summed E-state index contributed by atoms with van der Waals surface area (Å²) >= 11 is 0. The lowest BCUT2D eigenvalue weighted by molar-refractivity contribution is 0.0342. The molecule has 1 aliphatic heterocycles. The Balaban J connectivity index is 1.46. The quantitative estimate of drug-likeness (QED) is 0.614. The molecule has 0 atom stereocenters. The van der Waals surface area contributed by atoms with E-state index in [2.05, 4.69) is 65.1 Å². The van der Waals surface area contributed by atoms with E-state index >= 15 is 0 Å². The number of morpholine rings is 1. The van der Waals surface area contributed by atoms with Crippen molar-refractivity contribution >= 4 is 12.2 Å². The van der Waals surface area contributed by atoms with Gasteiger partial charge in [-0.25, -0.2) is 0 Å². The second kappa shape index (κ2) is 9.74. The summed E-state index contributed by atoms with van der Waals surface area (Å²) in [5, 5.41) is 9.40. The highest BCUT2D eigenvalue weighted by Crippen LogP contribution is 2.26. The van der Waals surface area contributed by atoms with Crippen LogP contribution >= 0.6 is 0 Å². The lowest BCUT2D eigenvalue weighted by atomic mass is 10.1. The van der Waals surface area contributed by atoms with Crippen LogP contribution in [0.1, 0.15) is 47.8 Å². The van der Waals surface area contributed by atoms with E-state index in [1.165, 1.54) is 5.56 Å². The molecule has 1 aromatic carbocycles. The van der Waals surface area contributed by atoms with Crippen LogP contribution in [-0.2, 0) is 11.3 Å². The van der Waals surface area contributed by atoms with Crippen LogP contribution in [0.5, 0.6) is 0 Å². The Kier molecular flexibility index (Phi) is 6.61. The second-order valence-corrected chi connectivity index (χ2v) is 8.21. The highest BCUT2D eigenvalue weighted by atomic mass is 16.5. The lowest BCUT2D eigenvalue weighted by Gasteiger charge is -2.26. The van der Waals surface area contributed by atoms with Gasteiger partial charge < -0.3 is 9.72 Å². The summed E-state index contributed by atoms with van der Waals surface area (Å²) in [4.78, 5) is 10.3. The average Bonchev–Trinajstić information content (AvgIpc) is 3.25. The van der Waals surface area contributed by atoms with E-state index in [9.17, 15) is 5.26 Å². The molecule has 3 aromatic rings. The summed E-state index contributed by atoms with van der Waals surface area (Å²) < 4.78 is 5.42. The number of hydrogen-bond acceptors (Lipinski definition) is 4. The van der Waals surface area contributed by atoms with Crippen LogP contribution in [0.4, 0.5) is 0 Å². The molecule has 0 amide bonds. The van der Waals surface area contributed by atoms with Crippen LogP contribution in [0.2, 0.25) is 0 Å². The number of ether oxygens (including phenoxy) is 1. The lowest BCUT2D eigenvalue weighted by Crippen LogP contribution is -2.35. The number of benzene rings is 1. The highest BCUT2D eigenvalue weighted by molar-refractivity contribution is 5.71. The Morgan fingerprint density at radius 2 is 1.90 bits per heavy atom. The van der Waals surface area contributed by atoms with Gasteiger partial charge in [0.05, 0.1) is 24.5 Å². The van der Waals surface area contributed by atoms with Crippen LogP contribution in [0, 0.1) is 11.3 Å². The van der Waals surface area contributed by atoms with E-state index in [4.69, 9.17) is 4.74 Å². The number of hydrogen-bond donors (Lipinski definition) is 1. The third kappa shape index (κ3) is 5.29. The van der Waals surface area contributed by atoms with Crippen molar-refractivity contribution in [2.75, 3.05) is 26.3 Å². The van der Waals surface area contributed by atoms with Gasteiger partial charge in [-0.3, -0.25) is 9.88 Å². The topological polar surface area (TPSA) is 64.9 Å². The first-order valence-corrected chi connectivity index (χ1v) is 10.8. The number of rotatable bonds is 6.